The van der Waals surface area contributed by atoms with Crippen molar-refractivity contribution in [2.45, 2.75) is 0 Å². The minimum atomic E-state index is -0.0670. The lowest BCUT2D eigenvalue weighted by atomic mass is 10.1. The number of hydrogen-bond acceptors (Lipinski definition) is 8. The molecule has 1 aromatic carbocycles. The van der Waals surface area contributed by atoms with E-state index in [1.54, 1.807) is 32.4 Å². The highest BCUT2D eigenvalue weighted by molar-refractivity contribution is 7.13. The van der Waals surface area contributed by atoms with Gasteiger partial charge in [-0.15, -0.1) is 21.5 Å². The Morgan fingerprint density at radius 3 is 2.54 bits per heavy atom. The minimum absolute atomic E-state index is 0.0670. The van der Waals surface area contributed by atoms with Crippen LogP contribution in [0.5, 0.6) is 0 Å². The zero-order valence-electron chi connectivity index (χ0n) is 15.2. The molecule has 9 heteroatoms. The Bertz CT molecular complexity index is 1120. The summed E-state index contributed by atoms with van der Waals surface area (Å²) in [7, 11) is 3.42. The molecule has 0 fully saturated rings. The van der Waals surface area contributed by atoms with Gasteiger partial charge >= 0.3 is 0 Å². The molecule has 2 N–H and O–H groups in total. The summed E-state index contributed by atoms with van der Waals surface area (Å²) in [6.45, 7) is 0. The van der Waals surface area contributed by atoms with Crippen LogP contribution in [0, 0.1) is 0 Å². The van der Waals surface area contributed by atoms with Gasteiger partial charge in [-0.2, -0.15) is 0 Å². The van der Waals surface area contributed by atoms with E-state index in [0.29, 0.717) is 22.8 Å². The number of nitrogens with two attached hydrogens (primary N) is 1. The van der Waals surface area contributed by atoms with Crippen LogP contribution < -0.4 is 5.73 Å². The molecule has 3 heterocycles. The molecule has 0 aliphatic rings. The van der Waals surface area contributed by atoms with Crippen molar-refractivity contribution in [2.75, 3.05) is 19.8 Å². The molecule has 1 amide bonds. The quantitative estimate of drug-likeness (QED) is 0.567. The van der Waals surface area contributed by atoms with E-state index in [1.807, 2.05) is 29.6 Å². The third-order valence-corrected chi connectivity index (χ3v) is 4.85. The number of amides is 1. The molecule has 3 aromatic heterocycles. The molecular formula is C19H16N6O2S. The molecule has 0 aliphatic carbocycles. The second-order valence-electron chi connectivity index (χ2n) is 6.16. The van der Waals surface area contributed by atoms with E-state index in [2.05, 4.69) is 20.2 Å². The van der Waals surface area contributed by atoms with Crippen LogP contribution in [-0.2, 0) is 0 Å². The van der Waals surface area contributed by atoms with Crippen molar-refractivity contribution in [3.63, 3.8) is 0 Å². The number of benzene rings is 1. The lowest BCUT2D eigenvalue weighted by molar-refractivity contribution is 0.0827. The summed E-state index contributed by atoms with van der Waals surface area (Å²) in [5, 5.41) is 10.0. The van der Waals surface area contributed by atoms with E-state index in [4.69, 9.17) is 10.2 Å². The Labute approximate surface area is 164 Å². The van der Waals surface area contributed by atoms with Crippen LogP contribution in [0.25, 0.3) is 33.6 Å². The van der Waals surface area contributed by atoms with Crippen molar-refractivity contribution < 1.29 is 9.21 Å². The van der Waals surface area contributed by atoms with Gasteiger partial charge in [0.05, 0.1) is 16.8 Å². The van der Waals surface area contributed by atoms with Crippen molar-refractivity contribution in [1.29, 1.82) is 0 Å². The Hall–Kier alpha value is -3.59. The summed E-state index contributed by atoms with van der Waals surface area (Å²) >= 11 is 1.50. The topological polar surface area (TPSA) is 111 Å². The molecular weight excluding hydrogens is 376 g/mol. The Morgan fingerprint density at radius 2 is 1.86 bits per heavy atom. The second kappa shape index (κ2) is 7.20. The highest BCUT2D eigenvalue weighted by Gasteiger charge is 2.17. The molecule has 0 spiro atoms. The van der Waals surface area contributed by atoms with E-state index in [9.17, 15) is 4.79 Å². The number of rotatable bonds is 4. The fourth-order valence-electron chi connectivity index (χ4n) is 2.56. The molecule has 8 nitrogen and oxygen atoms in total. The lowest BCUT2D eigenvalue weighted by Crippen LogP contribution is -2.21. The van der Waals surface area contributed by atoms with Gasteiger partial charge in [0.15, 0.2) is 11.5 Å². The molecule has 0 aliphatic heterocycles. The van der Waals surface area contributed by atoms with E-state index in [1.165, 1.54) is 16.2 Å². The van der Waals surface area contributed by atoms with Crippen molar-refractivity contribution >= 4 is 23.1 Å². The maximum Gasteiger partial charge on any atom is 0.270 e. The zero-order valence-corrected chi connectivity index (χ0v) is 16.0. The SMILES string of the molecule is CN(C)C(=O)c1ccc(-c2cnc(N)c(-c3nnc(-c4cccs4)o3)n2)cc1. The maximum atomic E-state index is 12.0. The number of nitrogen functional groups attached to an aromatic ring is 1. The largest absolute Gasteiger partial charge is 0.414 e. The third kappa shape index (κ3) is 3.35. The first-order valence-electron chi connectivity index (χ1n) is 8.35. The van der Waals surface area contributed by atoms with E-state index < -0.39 is 0 Å². The van der Waals surface area contributed by atoms with Gasteiger partial charge in [0.25, 0.3) is 17.7 Å². The third-order valence-electron chi connectivity index (χ3n) is 3.99. The summed E-state index contributed by atoms with van der Waals surface area (Å²) in [5.41, 5.74) is 8.27. The number of nitrogens with zero attached hydrogens (tertiary/aromatic N) is 5. The van der Waals surface area contributed by atoms with E-state index in [-0.39, 0.29) is 17.6 Å². The number of thiophene rings is 1. The lowest BCUT2D eigenvalue weighted by Gasteiger charge is -2.10. The van der Waals surface area contributed by atoms with Crippen LogP contribution in [0.3, 0.4) is 0 Å². The fraction of sp³-hybridized carbons (Fsp3) is 0.105. The predicted molar refractivity (Wildman–Crippen MR) is 107 cm³/mol. The van der Waals surface area contributed by atoms with Crippen LogP contribution in [0.2, 0.25) is 0 Å². The molecule has 0 saturated carbocycles. The van der Waals surface area contributed by atoms with Crippen molar-refractivity contribution in [2.24, 2.45) is 0 Å². The molecule has 4 aromatic rings. The number of carbonyl (C=O) groups excluding carboxylic acids is 1. The standard InChI is InChI=1S/C19H16N6O2S/c1-25(2)19(26)12-7-5-11(6-8-12)13-10-21-16(20)15(22-13)18-24-23-17(27-18)14-4-3-9-28-14/h3-10H,1-2H3,(H2,20,21). The molecule has 0 bridgehead atoms. The molecule has 0 saturated heterocycles. The molecule has 0 radical (unpaired) electrons. The number of carbonyl (C=O) groups is 1. The zero-order chi connectivity index (χ0) is 19.7. The normalized spacial score (nSPS) is 10.8. The maximum absolute atomic E-state index is 12.0. The Morgan fingerprint density at radius 1 is 1.11 bits per heavy atom. The van der Waals surface area contributed by atoms with Crippen LogP contribution >= 0.6 is 11.3 Å². The number of aromatic nitrogens is 4. The first kappa shape index (κ1) is 17.8. The van der Waals surface area contributed by atoms with Gasteiger partial charge in [-0.1, -0.05) is 18.2 Å². The summed E-state index contributed by atoms with van der Waals surface area (Å²) < 4.78 is 5.72. The average molecular weight is 392 g/mol. The van der Waals surface area contributed by atoms with Crippen LogP contribution in [0.1, 0.15) is 10.4 Å². The van der Waals surface area contributed by atoms with E-state index >= 15 is 0 Å². The first-order valence-corrected chi connectivity index (χ1v) is 9.23. The van der Waals surface area contributed by atoms with Crippen LogP contribution in [0.4, 0.5) is 5.82 Å². The Balaban J connectivity index is 1.67. The van der Waals surface area contributed by atoms with Crippen LogP contribution in [-0.4, -0.2) is 45.1 Å². The molecule has 0 unspecified atom stereocenters. The summed E-state index contributed by atoms with van der Waals surface area (Å²) in [6.07, 6.45) is 1.57. The molecule has 4 rings (SSSR count). The molecule has 28 heavy (non-hydrogen) atoms. The number of anilines is 1. The summed E-state index contributed by atoms with van der Waals surface area (Å²) in [4.78, 5) is 23.2. The highest BCUT2D eigenvalue weighted by Crippen LogP contribution is 2.29. The van der Waals surface area contributed by atoms with Gasteiger partial charge in [-0.3, -0.25) is 4.79 Å². The van der Waals surface area contributed by atoms with E-state index in [0.717, 1.165) is 10.4 Å². The minimum Gasteiger partial charge on any atom is -0.414 e. The van der Waals surface area contributed by atoms with Gasteiger partial charge in [0, 0.05) is 25.2 Å². The van der Waals surface area contributed by atoms with Crippen molar-refractivity contribution in [3.05, 3.63) is 53.5 Å². The van der Waals surface area contributed by atoms with Crippen molar-refractivity contribution in [1.82, 2.24) is 25.1 Å². The first-order chi connectivity index (χ1) is 13.5. The molecule has 140 valence electrons. The smallest absolute Gasteiger partial charge is 0.270 e. The van der Waals surface area contributed by atoms with Crippen molar-refractivity contribution in [3.8, 4) is 33.6 Å². The van der Waals surface area contributed by atoms with Gasteiger partial charge in [0.1, 0.15) is 0 Å². The van der Waals surface area contributed by atoms with Gasteiger partial charge in [0.2, 0.25) is 0 Å². The average Bonchev–Trinajstić information content (AvgIpc) is 3.39. The summed E-state index contributed by atoms with van der Waals surface area (Å²) in [6, 6.07) is 10.9. The highest BCUT2D eigenvalue weighted by atomic mass is 32.1. The van der Waals surface area contributed by atoms with Gasteiger partial charge in [-0.05, 0) is 23.6 Å². The number of hydrogen-bond donors (Lipinski definition) is 1. The summed E-state index contributed by atoms with van der Waals surface area (Å²) in [5.74, 6) is 0.741. The fourth-order valence-corrected chi connectivity index (χ4v) is 3.20. The monoisotopic (exact) mass is 392 g/mol. The molecule has 0 atom stereocenters. The van der Waals surface area contributed by atoms with Crippen LogP contribution in [0.15, 0.2) is 52.4 Å². The second-order valence-corrected chi connectivity index (χ2v) is 7.10. The van der Waals surface area contributed by atoms with Gasteiger partial charge in [-0.25, -0.2) is 9.97 Å². The Kier molecular flexibility index (Phi) is 4.58. The predicted octanol–water partition coefficient (Wildman–Crippen LogP) is 3.21. The van der Waals surface area contributed by atoms with Gasteiger partial charge < -0.3 is 15.1 Å².